The van der Waals surface area contributed by atoms with Gasteiger partial charge in [0.25, 0.3) is 0 Å². The number of hydrogen-bond acceptors (Lipinski definition) is 4. The van der Waals surface area contributed by atoms with Gasteiger partial charge in [0.2, 0.25) is 15.9 Å². The predicted octanol–water partition coefficient (Wildman–Crippen LogP) is 3.50. The van der Waals surface area contributed by atoms with Crippen LogP contribution in [0.1, 0.15) is 25.7 Å². The molecule has 2 fully saturated rings. The van der Waals surface area contributed by atoms with Gasteiger partial charge < -0.3 is 4.74 Å². The number of aromatic nitrogens is 1. The minimum atomic E-state index is -4.62. The number of sulfonamides is 1. The molecule has 2 aliphatic rings. The van der Waals surface area contributed by atoms with Crippen LogP contribution in [0.25, 0.3) is 0 Å². The van der Waals surface area contributed by atoms with E-state index in [1.165, 1.54) is 30.1 Å². The molecule has 2 aliphatic carbocycles. The molecule has 2 unspecified atom stereocenters. The predicted molar refractivity (Wildman–Crippen MR) is 87.6 cm³/mol. The molecule has 10 heteroatoms. The van der Waals surface area contributed by atoms with Gasteiger partial charge in [-0.05, 0) is 46.2 Å². The van der Waals surface area contributed by atoms with Crippen molar-refractivity contribution in [2.24, 2.45) is 17.8 Å². The van der Waals surface area contributed by atoms with Gasteiger partial charge in [-0.3, -0.25) is 0 Å². The van der Waals surface area contributed by atoms with Crippen molar-refractivity contribution in [2.75, 3.05) is 13.2 Å². The Hall–Kier alpha value is -0.870. The molecule has 1 aromatic heterocycles. The van der Waals surface area contributed by atoms with E-state index in [0.717, 1.165) is 24.5 Å². The van der Waals surface area contributed by atoms with Crippen LogP contribution in [0.4, 0.5) is 13.2 Å². The summed E-state index contributed by atoms with van der Waals surface area (Å²) in [6, 6.07) is 1.19. The number of rotatable bonds is 7. The lowest BCUT2D eigenvalue weighted by molar-refractivity contribution is -0.121. The van der Waals surface area contributed by atoms with Crippen LogP contribution >= 0.6 is 15.9 Å². The molecular weight excluding hydrogens is 425 g/mol. The van der Waals surface area contributed by atoms with Crippen LogP contribution in [0.5, 0.6) is 5.88 Å². The maximum atomic E-state index is 12.2. The maximum absolute atomic E-state index is 12.2. The molecule has 0 aromatic carbocycles. The second-order valence-electron chi connectivity index (χ2n) is 6.56. The molecule has 0 amide bonds. The SMILES string of the molecule is O=S(=O)(NCC(F)(F)F)c1cnc(OCC2CC2C2CCC2)c(Br)c1. The highest BCUT2D eigenvalue weighted by atomic mass is 79.9. The minimum Gasteiger partial charge on any atom is -0.477 e. The van der Waals surface area contributed by atoms with Crippen LogP contribution in [0.3, 0.4) is 0 Å². The number of nitrogens with one attached hydrogen (secondary N) is 1. The van der Waals surface area contributed by atoms with E-state index in [2.05, 4.69) is 20.9 Å². The quantitative estimate of drug-likeness (QED) is 0.701. The Labute approximate surface area is 152 Å². The molecule has 0 bridgehead atoms. The molecule has 2 atom stereocenters. The van der Waals surface area contributed by atoms with E-state index < -0.39 is 22.7 Å². The summed E-state index contributed by atoms with van der Waals surface area (Å²) in [7, 11) is -4.29. The van der Waals surface area contributed by atoms with Gasteiger partial charge in [-0.25, -0.2) is 18.1 Å². The van der Waals surface area contributed by atoms with Crippen molar-refractivity contribution < 1.29 is 26.3 Å². The van der Waals surface area contributed by atoms with Gasteiger partial charge in [-0.2, -0.15) is 13.2 Å². The molecule has 0 aliphatic heterocycles. The van der Waals surface area contributed by atoms with E-state index in [0.29, 0.717) is 17.0 Å². The number of nitrogens with zero attached hydrogens (tertiary/aromatic N) is 1. The highest BCUT2D eigenvalue weighted by molar-refractivity contribution is 9.10. The fourth-order valence-corrected chi connectivity index (χ4v) is 4.61. The van der Waals surface area contributed by atoms with Crippen molar-refractivity contribution in [3.8, 4) is 5.88 Å². The van der Waals surface area contributed by atoms with Crippen molar-refractivity contribution in [2.45, 2.75) is 36.8 Å². The van der Waals surface area contributed by atoms with Gasteiger partial charge in [0.1, 0.15) is 11.4 Å². The van der Waals surface area contributed by atoms with Crippen LogP contribution in [0.2, 0.25) is 0 Å². The Morgan fingerprint density at radius 3 is 2.64 bits per heavy atom. The van der Waals surface area contributed by atoms with E-state index in [1.54, 1.807) is 0 Å². The molecule has 3 rings (SSSR count). The second-order valence-corrected chi connectivity index (χ2v) is 9.18. The lowest BCUT2D eigenvalue weighted by atomic mass is 9.81. The summed E-state index contributed by atoms with van der Waals surface area (Å²) in [4.78, 5) is 3.57. The van der Waals surface area contributed by atoms with Gasteiger partial charge in [0, 0.05) is 0 Å². The van der Waals surface area contributed by atoms with Crippen molar-refractivity contribution in [3.05, 3.63) is 16.7 Å². The van der Waals surface area contributed by atoms with Crippen LogP contribution in [-0.4, -0.2) is 32.7 Å². The Kier molecular flexibility index (Phi) is 5.32. The fourth-order valence-electron chi connectivity index (χ4n) is 3.02. The summed E-state index contributed by atoms with van der Waals surface area (Å²) in [5.41, 5.74) is 0. The average molecular weight is 443 g/mol. The summed E-state index contributed by atoms with van der Waals surface area (Å²) in [5.74, 6) is 2.29. The van der Waals surface area contributed by atoms with Crippen LogP contribution < -0.4 is 9.46 Å². The standard InChI is InChI=1S/C15H18BrF3N2O3S/c16-13-5-11(25(22,23)21-8-15(17,18)19)6-20-14(13)24-7-10-4-12(10)9-2-1-3-9/h5-6,9-10,12,21H,1-4,7-8H2. The first-order valence-electron chi connectivity index (χ1n) is 8.00. The minimum absolute atomic E-state index is 0.244. The Balaban J connectivity index is 1.57. The van der Waals surface area contributed by atoms with Crippen molar-refractivity contribution >= 4 is 26.0 Å². The molecule has 5 nitrogen and oxygen atoms in total. The van der Waals surface area contributed by atoms with Crippen LogP contribution in [0.15, 0.2) is 21.6 Å². The third-order valence-corrected chi connectivity index (χ3v) is 6.66. The Bertz CT molecular complexity index is 738. The van der Waals surface area contributed by atoms with Gasteiger partial charge in [0.15, 0.2) is 0 Å². The number of hydrogen-bond donors (Lipinski definition) is 1. The van der Waals surface area contributed by atoms with E-state index in [9.17, 15) is 21.6 Å². The third kappa shape index (κ3) is 4.85. The molecular formula is C15H18BrF3N2O3S. The molecule has 25 heavy (non-hydrogen) atoms. The fraction of sp³-hybridized carbons (Fsp3) is 0.667. The number of ether oxygens (including phenoxy) is 1. The van der Waals surface area contributed by atoms with Gasteiger partial charge in [-0.15, -0.1) is 0 Å². The third-order valence-electron chi connectivity index (χ3n) is 4.72. The summed E-state index contributed by atoms with van der Waals surface area (Å²) < 4.78 is 67.7. The number of alkyl halides is 3. The highest BCUT2D eigenvalue weighted by Crippen LogP contribution is 2.51. The monoisotopic (exact) mass is 442 g/mol. The molecule has 2 saturated carbocycles. The maximum Gasteiger partial charge on any atom is 0.402 e. The number of pyridine rings is 1. The summed E-state index contributed by atoms with van der Waals surface area (Å²) >= 11 is 3.17. The van der Waals surface area contributed by atoms with Crippen LogP contribution in [-0.2, 0) is 10.0 Å². The molecule has 0 spiro atoms. The molecule has 140 valence electrons. The van der Waals surface area contributed by atoms with Gasteiger partial charge in [-0.1, -0.05) is 19.3 Å². The van der Waals surface area contributed by atoms with Gasteiger partial charge in [0.05, 0.1) is 17.3 Å². The first kappa shape index (κ1) is 18.9. The van der Waals surface area contributed by atoms with E-state index >= 15 is 0 Å². The average Bonchev–Trinajstić information content (AvgIpc) is 3.20. The first-order valence-corrected chi connectivity index (χ1v) is 10.3. The summed E-state index contributed by atoms with van der Waals surface area (Å²) in [6.07, 6.45) is 1.41. The summed E-state index contributed by atoms with van der Waals surface area (Å²) in [6.45, 7) is -1.11. The Morgan fingerprint density at radius 2 is 2.08 bits per heavy atom. The zero-order valence-electron chi connectivity index (χ0n) is 13.2. The molecule has 1 aromatic rings. The lowest BCUT2D eigenvalue weighted by Crippen LogP contribution is -2.33. The summed E-state index contributed by atoms with van der Waals surface area (Å²) in [5, 5.41) is 0. The van der Waals surface area contributed by atoms with Crippen molar-refractivity contribution in [1.29, 1.82) is 0 Å². The van der Waals surface area contributed by atoms with Crippen LogP contribution in [0, 0.1) is 17.8 Å². The normalized spacial score (nSPS) is 24.0. The zero-order valence-corrected chi connectivity index (χ0v) is 15.6. The second kappa shape index (κ2) is 7.03. The highest BCUT2D eigenvalue weighted by Gasteiger charge is 2.45. The Morgan fingerprint density at radius 1 is 1.36 bits per heavy atom. The number of halogens is 4. The van der Waals surface area contributed by atoms with E-state index in [-0.39, 0.29) is 10.8 Å². The zero-order chi connectivity index (χ0) is 18.2. The molecule has 0 saturated heterocycles. The molecule has 0 radical (unpaired) electrons. The lowest BCUT2D eigenvalue weighted by Gasteiger charge is -2.25. The first-order chi connectivity index (χ1) is 11.7. The molecule has 1 N–H and O–H groups in total. The van der Waals surface area contributed by atoms with Gasteiger partial charge >= 0.3 is 6.18 Å². The smallest absolute Gasteiger partial charge is 0.402 e. The van der Waals surface area contributed by atoms with Crippen molar-refractivity contribution in [1.82, 2.24) is 9.71 Å². The van der Waals surface area contributed by atoms with E-state index in [4.69, 9.17) is 4.74 Å². The molecule has 1 heterocycles. The van der Waals surface area contributed by atoms with Crippen molar-refractivity contribution in [3.63, 3.8) is 0 Å². The van der Waals surface area contributed by atoms with E-state index in [1.807, 2.05) is 0 Å². The largest absolute Gasteiger partial charge is 0.477 e. The topological polar surface area (TPSA) is 68.3 Å².